The molecule has 1 aromatic rings. The van der Waals surface area contributed by atoms with Crippen molar-refractivity contribution < 1.29 is 23.5 Å². The number of nitriles is 1. The van der Waals surface area contributed by atoms with Crippen molar-refractivity contribution in [3.05, 3.63) is 41.2 Å². The highest BCUT2D eigenvalue weighted by molar-refractivity contribution is 8.00. The highest BCUT2D eigenvalue weighted by Crippen LogP contribution is 2.40. The number of Topliss-reactive ketones (excluding diaryl/α,β-unsaturated/α-hetero) is 2. The van der Waals surface area contributed by atoms with Gasteiger partial charge in [-0.25, -0.2) is 4.39 Å². The summed E-state index contributed by atoms with van der Waals surface area (Å²) < 4.78 is 18.0. The van der Waals surface area contributed by atoms with E-state index in [1.807, 2.05) is 0 Å². The van der Waals surface area contributed by atoms with Crippen LogP contribution in [-0.2, 0) is 19.1 Å². The molecule has 25 heavy (non-hydrogen) atoms. The molecule has 0 spiro atoms. The van der Waals surface area contributed by atoms with Gasteiger partial charge < -0.3 is 4.74 Å². The number of rotatable bonds is 4. The van der Waals surface area contributed by atoms with Crippen LogP contribution in [-0.4, -0.2) is 29.9 Å². The zero-order chi connectivity index (χ0) is 18.7. The van der Waals surface area contributed by atoms with Crippen LogP contribution in [0.25, 0.3) is 0 Å². The number of halogens is 1. The molecular weight excluding hydrogens is 345 g/mol. The number of methoxy groups -OCH3 is 1. The molecule has 0 radical (unpaired) electrons. The maximum atomic E-state index is 13.4. The Morgan fingerprint density at radius 2 is 1.92 bits per heavy atom. The van der Waals surface area contributed by atoms with Gasteiger partial charge in [-0.3, -0.25) is 14.4 Å². The molecule has 3 atom stereocenters. The van der Waals surface area contributed by atoms with Crippen LogP contribution in [0.2, 0.25) is 0 Å². The smallest absolute Gasteiger partial charge is 0.323 e. The first-order valence-electron chi connectivity index (χ1n) is 7.47. The van der Waals surface area contributed by atoms with E-state index in [1.165, 1.54) is 32.0 Å². The fourth-order valence-electron chi connectivity index (χ4n) is 2.68. The zero-order valence-corrected chi connectivity index (χ0v) is 14.7. The lowest BCUT2D eigenvalue weighted by Crippen LogP contribution is -2.45. The van der Waals surface area contributed by atoms with E-state index in [2.05, 4.69) is 4.74 Å². The quantitative estimate of drug-likeness (QED) is 0.767. The lowest BCUT2D eigenvalue weighted by atomic mass is 9.76. The van der Waals surface area contributed by atoms with Crippen molar-refractivity contribution in [2.75, 3.05) is 7.11 Å². The molecule has 0 heterocycles. The lowest BCUT2D eigenvalue weighted by Gasteiger charge is -2.31. The van der Waals surface area contributed by atoms with E-state index >= 15 is 0 Å². The Labute approximate surface area is 148 Å². The first-order valence-corrected chi connectivity index (χ1v) is 8.35. The number of ether oxygens (including phenoxy) is 1. The van der Waals surface area contributed by atoms with Gasteiger partial charge in [-0.2, -0.15) is 5.26 Å². The maximum Gasteiger partial charge on any atom is 0.323 e. The van der Waals surface area contributed by atoms with Crippen LogP contribution in [0.15, 0.2) is 40.3 Å². The summed E-state index contributed by atoms with van der Waals surface area (Å²) in [5, 5.41) is 8.37. The molecule has 1 aliphatic carbocycles. The molecule has 0 saturated heterocycles. The molecule has 1 aromatic carbocycles. The predicted octanol–water partition coefficient (Wildman–Crippen LogP) is 2.70. The number of carbonyl (C=O) groups is 3. The van der Waals surface area contributed by atoms with Gasteiger partial charge in [0.15, 0.2) is 17.5 Å². The van der Waals surface area contributed by atoms with E-state index in [1.54, 1.807) is 12.1 Å². The van der Waals surface area contributed by atoms with Gasteiger partial charge in [0.25, 0.3) is 0 Å². The van der Waals surface area contributed by atoms with Gasteiger partial charge in [0.1, 0.15) is 5.82 Å². The molecule has 130 valence electrons. The number of ketones is 2. The van der Waals surface area contributed by atoms with Crippen LogP contribution in [0.5, 0.6) is 0 Å². The SMILES string of the molecule is COC(=O)C(C#N)C1C(=O)C(C)=C(C)C(=O)C1Sc1cccc(F)c1. The third kappa shape index (κ3) is 3.64. The molecule has 5 nitrogen and oxygen atoms in total. The first-order chi connectivity index (χ1) is 11.8. The van der Waals surface area contributed by atoms with Gasteiger partial charge in [-0.15, -0.1) is 11.8 Å². The van der Waals surface area contributed by atoms with E-state index in [9.17, 15) is 24.0 Å². The van der Waals surface area contributed by atoms with Crippen LogP contribution in [0, 0.1) is 29.0 Å². The Kier molecular flexibility index (Phi) is 5.75. The van der Waals surface area contributed by atoms with Crippen LogP contribution in [0.3, 0.4) is 0 Å². The van der Waals surface area contributed by atoms with Crippen molar-refractivity contribution in [2.24, 2.45) is 11.8 Å². The van der Waals surface area contributed by atoms with E-state index in [-0.39, 0.29) is 16.9 Å². The number of thioether (sulfide) groups is 1. The molecule has 1 aliphatic rings. The van der Waals surface area contributed by atoms with Crippen molar-refractivity contribution in [3.63, 3.8) is 0 Å². The van der Waals surface area contributed by atoms with Crippen LogP contribution in [0.4, 0.5) is 4.39 Å². The van der Waals surface area contributed by atoms with E-state index < -0.39 is 34.7 Å². The van der Waals surface area contributed by atoms with Gasteiger partial charge >= 0.3 is 5.97 Å². The minimum absolute atomic E-state index is 0.232. The number of nitrogens with zero attached hydrogens (tertiary/aromatic N) is 1. The van der Waals surface area contributed by atoms with Crippen LogP contribution >= 0.6 is 11.8 Å². The summed E-state index contributed by atoms with van der Waals surface area (Å²) in [7, 11) is 1.12. The minimum atomic E-state index is -1.41. The maximum absolute atomic E-state index is 13.4. The van der Waals surface area contributed by atoms with E-state index in [0.29, 0.717) is 4.90 Å². The Balaban J connectivity index is 2.51. The molecule has 0 N–H and O–H groups in total. The normalized spacial score (nSPS) is 21.7. The summed E-state index contributed by atoms with van der Waals surface area (Å²) in [5.74, 6) is -4.73. The third-order valence-electron chi connectivity index (χ3n) is 4.20. The van der Waals surface area contributed by atoms with Gasteiger partial charge in [0.2, 0.25) is 0 Å². The molecule has 7 heteroatoms. The average Bonchev–Trinajstić information content (AvgIpc) is 2.60. The monoisotopic (exact) mass is 361 g/mol. The van der Waals surface area contributed by atoms with E-state index in [4.69, 9.17) is 0 Å². The average molecular weight is 361 g/mol. The highest BCUT2D eigenvalue weighted by atomic mass is 32.2. The standard InChI is InChI=1S/C18H16FNO4S/c1-9-10(2)16(22)17(25-12-6-4-5-11(19)7-12)14(15(9)21)13(8-20)18(23)24-3/h4-7,13-14,17H,1-3H3. The topological polar surface area (TPSA) is 84.2 Å². The van der Waals surface area contributed by atoms with Gasteiger partial charge in [-0.05, 0) is 43.2 Å². The first kappa shape index (κ1) is 18.9. The Morgan fingerprint density at radius 3 is 2.48 bits per heavy atom. The highest BCUT2D eigenvalue weighted by Gasteiger charge is 2.48. The molecule has 0 bridgehead atoms. The Hall–Kier alpha value is -2.46. The lowest BCUT2D eigenvalue weighted by molar-refractivity contribution is -0.147. The fraction of sp³-hybridized carbons (Fsp3) is 0.333. The molecule has 0 amide bonds. The van der Waals surface area contributed by atoms with Crippen LogP contribution < -0.4 is 0 Å². The molecule has 2 rings (SSSR count). The molecular formula is C18H16FNO4S. The van der Waals surface area contributed by atoms with E-state index in [0.717, 1.165) is 18.9 Å². The number of benzene rings is 1. The zero-order valence-electron chi connectivity index (χ0n) is 13.9. The van der Waals surface area contributed by atoms with Gasteiger partial charge in [0, 0.05) is 4.90 Å². The van der Waals surface area contributed by atoms with Crippen molar-refractivity contribution in [2.45, 2.75) is 24.0 Å². The molecule has 0 saturated carbocycles. The predicted molar refractivity (Wildman–Crippen MR) is 89.0 cm³/mol. The Bertz CT molecular complexity index is 812. The number of hydrogen-bond donors (Lipinski definition) is 0. The second kappa shape index (κ2) is 7.62. The van der Waals surface area contributed by atoms with Crippen molar-refractivity contribution in [3.8, 4) is 6.07 Å². The summed E-state index contributed by atoms with van der Waals surface area (Å²) in [5.41, 5.74) is 0.520. The van der Waals surface area contributed by atoms with Crippen molar-refractivity contribution in [1.29, 1.82) is 5.26 Å². The number of allylic oxidation sites excluding steroid dienone is 2. The summed E-state index contributed by atoms with van der Waals surface area (Å²) in [4.78, 5) is 37.8. The third-order valence-corrected chi connectivity index (χ3v) is 5.49. The molecule has 0 fully saturated rings. The second-order valence-electron chi connectivity index (χ2n) is 5.63. The Morgan fingerprint density at radius 1 is 1.28 bits per heavy atom. The number of carbonyl (C=O) groups excluding carboxylic acids is 3. The number of hydrogen-bond acceptors (Lipinski definition) is 6. The molecule has 3 unspecified atom stereocenters. The van der Waals surface area contributed by atoms with Gasteiger partial charge in [0.05, 0.1) is 24.3 Å². The van der Waals surface area contributed by atoms with Crippen LogP contribution in [0.1, 0.15) is 13.8 Å². The fourth-order valence-corrected chi connectivity index (χ4v) is 4.02. The van der Waals surface area contributed by atoms with Gasteiger partial charge in [-0.1, -0.05) is 6.07 Å². The summed E-state index contributed by atoms with van der Waals surface area (Å²) >= 11 is 0.973. The molecule has 0 aliphatic heterocycles. The molecule has 0 aromatic heterocycles. The summed E-state index contributed by atoms with van der Waals surface area (Å²) in [6.45, 7) is 3.03. The summed E-state index contributed by atoms with van der Waals surface area (Å²) in [6, 6.07) is 7.36. The van der Waals surface area contributed by atoms with Crippen molar-refractivity contribution >= 4 is 29.3 Å². The van der Waals surface area contributed by atoms with Crippen molar-refractivity contribution in [1.82, 2.24) is 0 Å². The largest absolute Gasteiger partial charge is 0.468 e. The minimum Gasteiger partial charge on any atom is -0.468 e. The number of esters is 1. The second-order valence-corrected chi connectivity index (χ2v) is 6.85. The summed E-state index contributed by atoms with van der Waals surface area (Å²) in [6.07, 6.45) is 0.